The van der Waals surface area contributed by atoms with E-state index in [2.05, 4.69) is 0 Å². The molecular weight excluding hydrogens is 270 g/mol. The van der Waals surface area contributed by atoms with Gasteiger partial charge < -0.3 is 0 Å². The topological polar surface area (TPSA) is 37.4 Å². The quantitative estimate of drug-likeness (QED) is 0.853. The predicted molar refractivity (Wildman–Crippen MR) is 75.4 cm³/mol. The highest BCUT2D eigenvalue weighted by Gasteiger charge is 2.28. The summed E-state index contributed by atoms with van der Waals surface area (Å²) in [6, 6.07) is 4.89. The van der Waals surface area contributed by atoms with E-state index in [0.29, 0.717) is 10.6 Å². The van der Waals surface area contributed by atoms with Crippen molar-refractivity contribution in [1.29, 1.82) is 0 Å². The Labute approximate surface area is 115 Å². The first-order valence-electron chi connectivity index (χ1n) is 5.92. The summed E-state index contributed by atoms with van der Waals surface area (Å²) in [5.41, 5.74) is 0.599. The molecule has 0 amide bonds. The molecule has 1 aromatic rings. The van der Waals surface area contributed by atoms with Gasteiger partial charge in [-0.05, 0) is 37.5 Å². The molecule has 5 heteroatoms. The van der Waals surface area contributed by atoms with Crippen molar-refractivity contribution >= 4 is 21.6 Å². The van der Waals surface area contributed by atoms with Crippen LogP contribution >= 0.6 is 11.6 Å². The largest absolute Gasteiger partial charge is 0.243 e. The average molecular weight is 290 g/mol. The summed E-state index contributed by atoms with van der Waals surface area (Å²) >= 11 is 5.98. The van der Waals surface area contributed by atoms with Crippen LogP contribution in [0.5, 0.6) is 0 Å². The Hall–Kier alpha value is -0.580. The molecule has 0 radical (unpaired) electrons. The smallest absolute Gasteiger partial charge is 0.207 e. The maximum Gasteiger partial charge on any atom is 0.243 e. The van der Waals surface area contributed by atoms with Gasteiger partial charge >= 0.3 is 0 Å². The van der Waals surface area contributed by atoms with Crippen LogP contribution in [0.4, 0.5) is 0 Å². The Morgan fingerprint density at radius 1 is 1.22 bits per heavy atom. The fourth-order valence-electron chi connectivity index (χ4n) is 1.66. The van der Waals surface area contributed by atoms with Gasteiger partial charge in [-0.2, -0.15) is 4.31 Å². The van der Waals surface area contributed by atoms with Crippen molar-refractivity contribution in [3.63, 3.8) is 0 Å². The Morgan fingerprint density at radius 2 is 1.78 bits per heavy atom. The standard InChI is InChI=1S/C13H20ClNO2S/c1-9(2)11(4)15(5)18(16,17)13-8-6-7-12(14)10(13)3/h6-9,11H,1-5H3/t11-/m0/s1. The summed E-state index contributed by atoms with van der Waals surface area (Å²) in [5.74, 6) is 0.254. The Morgan fingerprint density at radius 3 is 2.28 bits per heavy atom. The van der Waals surface area contributed by atoms with Crippen LogP contribution in [0.25, 0.3) is 0 Å². The SMILES string of the molecule is Cc1c(Cl)cccc1S(=O)(=O)N(C)[C@@H](C)C(C)C. The highest BCUT2D eigenvalue weighted by Crippen LogP contribution is 2.26. The van der Waals surface area contributed by atoms with Crippen LogP contribution in [0.15, 0.2) is 23.1 Å². The van der Waals surface area contributed by atoms with Gasteiger partial charge in [0, 0.05) is 18.1 Å². The van der Waals surface area contributed by atoms with Gasteiger partial charge in [0.2, 0.25) is 10.0 Å². The number of hydrogen-bond acceptors (Lipinski definition) is 2. The molecule has 0 heterocycles. The molecule has 0 saturated carbocycles. The van der Waals surface area contributed by atoms with E-state index in [1.54, 1.807) is 32.2 Å². The molecule has 0 unspecified atom stereocenters. The maximum atomic E-state index is 12.5. The second-order valence-corrected chi connectivity index (χ2v) is 7.24. The Balaban J connectivity index is 3.26. The number of hydrogen-bond donors (Lipinski definition) is 0. The number of halogens is 1. The molecule has 1 atom stereocenters. The molecule has 0 aliphatic rings. The highest BCUT2D eigenvalue weighted by molar-refractivity contribution is 7.89. The molecule has 3 nitrogen and oxygen atoms in total. The van der Waals surface area contributed by atoms with Crippen molar-refractivity contribution < 1.29 is 8.42 Å². The van der Waals surface area contributed by atoms with Crippen molar-refractivity contribution in [2.75, 3.05) is 7.05 Å². The molecule has 0 aliphatic carbocycles. The first-order chi connectivity index (χ1) is 8.19. The molecule has 0 saturated heterocycles. The summed E-state index contributed by atoms with van der Waals surface area (Å²) in [6.07, 6.45) is 0. The van der Waals surface area contributed by atoms with Gasteiger partial charge in [0.1, 0.15) is 0 Å². The predicted octanol–water partition coefficient (Wildman–Crippen LogP) is 3.31. The molecule has 0 N–H and O–H groups in total. The zero-order valence-electron chi connectivity index (χ0n) is 11.4. The third-order valence-corrected chi connectivity index (χ3v) is 5.91. The number of nitrogens with zero attached hydrogens (tertiary/aromatic N) is 1. The van der Waals surface area contributed by atoms with E-state index in [-0.39, 0.29) is 16.9 Å². The van der Waals surface area contributed by atoms with Crippen molar-refractivity contribution in [2.45, 2.75) is 38.6 Å². The van der Waals surface area contributed by atoms with Gasteiger partial charge in [-0.3, -0.25) is 0 Å². The lowest BCUT2D eigenvalue weighted by Gasteiger charge is -2.27. The second kappa shape index (κ2) is 5.59. The van der Waals surface area contributed by atoms with Gasteiger partial charge in [-0.1, -0.05) is 31.5 Å². The lowest BCUT2D eigenvalue weighted by Crippen LogP contribution is -2.38. The summed E-state index contributed by atoms with van der Waals surface area (Å²) in [5, 5.41) is 0.474. The van der Waals surface area contributed by atoms with Gasteiger partial charge in [0.05, 0.1) is 4.90 Å². The molecule has 0 bridgehead atoms. The third kappa shape index (κ3) is 2.87. The molecule has 0 spiro atoms. The summed E-state index contributed by atoms with van der Waals surface area (Å²) in [4.78, 5) is 0.282. The molecule has 0 aromatic heterocycles. The van der Waals surface area contributed by atoms with Crippen LogP contribution in [-0.2, 0) is 10.0 Å². The van der Waals surface area contributed by atoms with Crippen LogP contribution < -0.4 is 0 Å². The maximum absolute atomic E-state index is 12.5. The van der Waals surface area contributed by atoms with E-state index < -0.39 is 10.0 Å². The molecule has 102 valence electrons. The summed E-state index contributed by atoms with van der Waals surface area (Å²) in [6.45, 7) is 7.63. The van der Waals surface area contributed by atoms with Crippen molar-refractivity contribution in [3.8, 4) is 0 Å². The zero-order chi connectivity index (χ0) is 14.1. The first kappa shape index (κ1) is 15.5. The second-order valence-electron chi connectivity index (χ2n) is 4.87. The van der Waals surface area contributed by atoms with Crippen molar-refractivity contribution in [2.24, 2.45) is 5.92 Å². The summed E-state index contributed by atoms with van der Waals surface area (Å²) in [7, 11) is -1.88. The van der Waals surface area contributed by atoms with E-state index >= 15 is 0 Å². The van der Waals surface area contributed by atoms with E-state index in [1.807, 2.05) is 20.8 Å². The fraction of sp³-hybridized carbons (Fsp3) is 0.538. The lowest BCUT2D eigenvalue weighted by atomic mass is 10.1. The minimum Gasteiger partial charge on any atom is -0.207 e. The van der Waals surface area contributed by atoms with Crippen LogP contribution in [-0.4, -0.2) is 25.8 Å². The average Bonchev–Trinajstić information content (AvgIpc) is 2.30. The monoisotopic (exact) mass is 289 g/mol. The van der Waals surface area contributed by atoms with Crippen LogP contribution in [0.1, 0.15) is 26.3 Å². The van der Waals surface area contributed by atoms with Crippen LogP contribution in [0.2, 0.25) is 5.02 Å². The fourth-order valence-corrected chi connectivity index (χ4v) is 3.63. The molecule has 18 heavy (non-hydrogen) atoms. The van der Waals surface area contributed by atoms with E-state index in [0.717, 1.165) is 0 Å². The molecular formula is C13H20ClNO2S. The Kier molecular flexibility index (Phi) is 4.81. The molecule has 0 fully saturated rings. The van der Waals surface area contributed by atoms with Crippen LogP contribution in [0.3, 0.4) is 0 Å². The molecule has 1 rings (SSSR count). The highest BCUT2D eigenvalue weighted by atomic mass is 35.5. The normalized spacial score (nSPS) is 14.2. The van der Waals surface area contributed by atoms with Crippen LogP contribution in [0, 0.1) is 12.8 Å². The third-order valence-electron chi connectivity index (χ3n) is 3.41. The van der Waals surface area contributed by atoms with Gasteiger partial charge in [-0.25, -0.2) is 8.42 Å². The summed E-state index contributed by atoms with van der Waals surface area (Å²) < 4.78 is 26.4. The molecule has 1 aromatic carbocycles. The van der Waals surface area contributed by atoms with E-state index in [1.165, 1.54) is 4.31 Å². The molecule has 0 aliphatic heterocycles. The number of benzene rings is 1. The van der Waals surface area contributed by atoms with E-state index in [9.17, 15) is 8.42 Å². The zero-order valence-corrected chi connectivity index (χ0v) is 13.0. The number of sulfonamides is 1. The van der Waals surface area contributed by atoms with Crippen molar-refractivity contribution in [3.05, 3.63) is 28.8 Å². The minimum absolute atomic E-state index is 0.0617. The minimum atomic E-state index is -3.49. The lowest BCUT2D eigenvalue weighted by molar-refractivity contribution is 0.315. The van der Waals surface area contributed by atoms with Gasteiger partial charge in [0.25, 0.3) is 0 Å². The van der Waals surface area contributed by atoms with Gasteiger partial charge in [0.15, 0.2) is 0 Å². The number of rotatable bonds is 4. The van der Waals surface area contributed by atoms with Gasteiger partial charge in [-0.15, -0.1) is 0 Å². The van der Waals surface area contributed by atoms with Crippen molar-refractivity contribution in [1.82, 2.24) is 4.31 Å². The first-order valence-corrected chi connectivity index (χ1v) is 7.74. The Bertz CT molecular complexity index is 526. The van der Waals surface area contributed by atoms with E-state index in [4.69, 9.17) is 11.6 Å².